The van der Waals surface area contributed by atoms with Crippen LogP contribution in [0.15, 0.2) is 30.5 Å². The highest BCUT2D eigenvalue weighted by atomic mass is 32.2. The van der Waals surface area contributed by atoms with Gasteiger partial charge < -0.3 is 9.41 Å². The fourth-order valence-electron chi connectivity index (χ4n) is 5.00. The molecular weight excluding hydrogens is 435 g/mol. The van der Waals surface area contributed by atoms with Gasteiger partial charge in [0, 0.05) is 16.9 Å². The summed E-state index contributed by atoms with van der Waals surface area (Å²) < 4.78 is 16.4. The minimum atomic E-state index is -0.849. The summed E-state index contributed by atoms with van der Waals surface area (Å²) in [4.78, 5) is 16.5. The van der Waals surface area contributed by atoms with Gasteiger partial charge in [0.2, 0.25) is 0 Å². The molecule has 0 unspecified atom stereocenters. The Bertz CT molecular complexity index is 1200. The van der Waals surface area contributed by atoms with Crippen LogP contribution in [0.5, 0.6) is 0 Å². The quantitative estimate of drug-likeness (QED) is 0.479. The van der Waals surface area contributed by atoms with Gasteiger partial charge in [-0.3, -0.25) is 9.78 Å². The van der Waals surface area contributed by atoms with E-state index in [-0.39, 0.29) is 23.7 Å². The molecule has 4 nitrogen and oxygen atoms in total. The van der Waals surface area contributed by atoms with E-state index in [9.17, 15) is 14.3 Å². The van der Waals surface area contributed by atoms with Gasteiger partial charge in [-0.25, -0.2) is 4.39 Å². The van der Waals surface area contributed by atoms with E-state index in [1.807, 2.05) is 13.8 Å². The zero-order valence-corrected chi connectivity index (χ0v) is 20.9. The minimum Gasteiger partial charge on any atom is -0.481 e. The van der Waals surface area contributed by atoms with Crippen LogP contribution in [0.3, 0.4) is 0 Å². The molecule has 1 atom stereocenters. The van der Waals surface area contributed by atoms with Crippen molar-refractivity contribution in [3.63, 3.8) is 0 Å². The molecule has 0 bridgehead atoms. The van der Waals surface area contributed by atoms with E-state index in [0.29, 0.717) is 0 Å². The summed E-state index contributed by atoms with van der Waals surface area (Å²) >= 11 is 1.67. The number of fused-ring (bicyclic) bond motifs is 3. The number of carboxylic acids is 1. The van der Waals surface area contributed by atoms with Gasteiger partial charge in [0.1, 0.15) is 5.82 Å². The van der Waals surface area contributed by atoms with Crippen molar-refractivity contribution < 1.29 is 14.3 Å². The van der Waals surface area contributed by atoms with Crippen molar-refractivity contribution in [2.75, 3.05) is 10.1 Å². The summed E-state index contributed by atoms with van der Waals surface area (Å²) in [5.41, 5.74) is 8.50. The van der Waals surface area contributed by atoms with Crippen LogP contribution >= 0.6 is 11.9 Å². The number of carbonyl (C=O) groups is 1. The molecule has 1 N–H and O–H groups in total. The van der Waals surface area contributed by atoms with Crippen molar-refractivity contribution in [3.05, 3.63) is 64.1 Å². The maximum Gasteiger partial charge on any atom is 0.307 e. The Balaban J connectivity index is 2.08. The molecule has 1 aromatic heterocycles. The SMILES string of the molecule is CCSN1c2c(C)c(CC(=O)O)c(C3=CCC(C)(C)C=C3)c(C)c2-c2ncc(F)cc2[C@@H]1C. The Kier molecular flexibility index (Phi) is 6.16. The molecular formula is C27H31FN2O2S. The van der Waals surface area contributed by atoms with Gasteiger partial charge in [0.25, 0.3) is 0 Å². The van der Waals surface area contributed by atoms with Crippen LogP contribution in [0.2, 0.25) is 0 Å². The number of halogens is 1. The Hall–Kier alpha value is -2.60. The van der Waals surface area contributed by atoms with Crippen molar-refractivity contribution >= 4 is 29.2 Å². The Morgan fingerprint density at radius 3 is 2.64 bits per heavy atom. The molecule has 0 fully saturated rings. The van der Waals surface area contributed by atoms with E-state index >= 15 is 0 Å². The summed E-state index contributed by atoms with van der Waals surface area (Å²) in [6, 6.07) is 1.50. The first-order valence-electron chi connectivity index (χ1n) is 11.4. The van der Waals surface area contributed by atoms with E-state index in [0.717, 1.165) is 62.5 Å². The third-order valence-electron chi connectivity index (χ3n) is 6.69. The number of carboxylic acid groups (broad SMARTS) is 1. The number of hydrogen-bond acceptors (Lipinski definition) is 4. The molecule has 0 saturated heterocycles. The lowest BCUT2D eigenvalue weighted by Gasteiger charge is -2.40. The summed E-state index contributed by atoms with van der Waals surface area (Å²) in [5.74, 6) is -0.347. The highest BCUT2D eigenvalue weighted by molar-refractivity contribution is 8.00. The maximum absolute atomic E-state index is 14.2. The third kappa shape index (κ3) is 4.10. The van der Waals surface area contributed by atoms with Gasteiger partial charge in [-0.15, -0.1) is 0 Å². The molecule has 174 valence electrons. The second-order valence-corrected chi connectivity index (χ2v) is 10.8. The highest BCUT2D eigenvalue weighted by Crippen LogP contribution is 2.53. The summed E-state index contributed by atoms with van der Waals surface area (Å²) in [5, 5.41) is 9.79. The number of pyridine rings is 1. The zero-order chi connectivity index (χ0) is 24.1. The molecule has 4 rings (SSSR count). The fraction of sp³-hybridized carbons (Fsp3) is 0.407. The van der Waals surface area contributed by atoms with Crippen LogP contribution in [-0.2, 0) is 11.2 Å². The predicted molar refractivity (Wildman–Crippen MR) is 135 cm³/mol. The lowest BCUT2D eigenvalue weighted by atomic mass is 9.77. The smallest absolute Gasteiger partial charge is 0.307 e. The van der Waals surface area contributed by atoms with Gasteiger partial charge in [0.15, 0.2) is 0 Å². The van der Waals surface area contributed by atoms with E-state index in [4.69, 9.17) is 0 Å². The van der Waals surface area contributed by atoms with E-state index in [1.54, 1.807) is 18.0 Å². The lowest BCUT2D eigenvalue weighted by molar-refractivity contribution is -0.136. The predicted octanol–water partition coefficient (Wildman–Crippen LogP) is 7.05. The second-order valence-electron chi connectivity index (χ2n) is 9.59. The lowest BCUT2D eigenvalue weighted by Crippen LogP contribution is -2.28. The summed E-state index contributed by atoms with van der Waals surface area (Å²) in [6.07, 6.45) is 8.64. The van der Waals surface area contributed by atoms with E-state index < -0.39 is 5.97 Å². The van der Waals surface area contributed by atoms with Gasteiger partial charge in [-0.2, -0.15) is 0 Å². The molecule has 0 spiro atoms. The van der Waals surface area contributed by atoms with Crippen molar-refractivity contribution in [2.45, 2.75) is 60.4 Å². The van der Waals surface area contributed by atoms with Crippen molar-refractivity contribution in [2.24, 2.45) is 5.41 Å². The summed E-state index contributed by atoms with van der Waals surface area (Å²) in [6.45, 7) is 12.6. The fourth-order valence-corrected chi connectivity index (χ4v) is 5.98. The molecule has 1 aliphatic carbocycles. The first-order valence-corrected chi connectivity index (χ1v) is 12.4. The number of aliphatic carboxylic acids is 1. The van der Waals surface area contributed by atoms with Crippen LogP contribution < -0.4 is 4.31 Å². The molecule has 1 aliphatic heterocycles. The first kappa shape index (κ1) is 23.6. The number of aromatic nitrogens is 1. The molecule has 0 radical (unpaired) electrons. The van der Waals surface area contributed by atoms with Gasteiger partial charge >= 0.3 is 5.97 Å². The highest BCUT2D eigenvalue weighted by Gasteiger charge is 2.35. The number of nitrogens with zero attached hydrogens (tertiary/aromatic N) is 2. The van der Waals surface area contributed by atoms with Gasteiger partial charge in [-0.05, 0) is 78.4 Å². The molecule has 33 heavy (non-hydrogen) atoms. The topological polar surface area (TPSA) is 53.4 Å². The maximum atomic E-state index is 14.2. The van der Waals surface area contributed by atoms with Crippen molar-refractivity contribution in [1.29, 1.82) is 0 Å². The number of benzene rings is 1. The van der Waals surface area contributed by atoms with Crippen molar-refractivity contribution in [1.82, 2.24) is 4.98 Å². The standard InChI is InChI=1S/C27H31FN2O2S/c1-7-33-30-17(4)21-12-19(28)14-29-25(21)24-16(3)23(18-8-10-27(5,6)11-9-18)20(13-22(31)32)15(2)26(24)30/h8-10,12,14,17H,7,11,13H2,1-6H3,(H,31,32)/t17-/m0/s1. The number of hydrogen-bond donors (Lipinski definition) is 1. The van der Waals surface area contributed by atoms with Crippen LogP contribution in [0.4, 0.5) is 10.1 Å². The Morgan fingerprint density at radius 1 is 1.30 bits per heavy atom. The minimum absolute atomic E-state index is 0.0490. The number of anilines is 1. The second kappa shape index (κ2) is 8.64. The number of rotatable bonds is 5. The molecule has 2 aliphatic rings. The van der Waals surface area contributed by atoms with Gasteiger partial charge in [0.05, 0.1) is 30.0 Å². The molecule has 6 heteroatoms. The van der Waals surface area contributed by atoms with Crippen molar-refractivity contribution in [3.8, 4) is 11.3 Å². The Morgan fingerprint density at radius 2 is 2.03 bits per heavy atom. The average Bonchev–Trinajstić information content (AvgIpc) is 2.74. The van der Waals surface area contributed by atoms with Crippen LogP contribution in [0.25, 0.3) is 16.8 Å². The summed E-state index contributed by atoms with van der Waals surface area (Å²) in [7, 11) is 0. The normalized spacial score (nSPS) is 18.6. The van der Waals surface area contributed by atoms with Crippen LogP contribution in [0, 0.1) is 25.1 Å². The van der Waals surface area contributed by atoms with Crippen LogP contribution in [0.1, 0.15) is 68.0 Å². The van der Waals surface area contributed by atoms with Gasteiger partial charge in [-0.1, -0.05) is 39.0 Å². The zero-order valence-electron chi connectivity index (χ0n) is 20.1. The molecule has 1 aromatic carbocycles. The molecule has 2 heterocycles. The van der Waals surface area contributed by atoms with E-state index in [1.165, 1.54) is 6.20 Å². The number of allylic oxidation sites excluding steroid dienone is 4. The average molecular weight is 467 g/mol. The molecule has 0 saturated carbocycles. The molecule has 2 aromatic rings. The largest absolute Gasteiger partial charge is 0.481 e. The third-order valence-corrected chi connectivity index (χ3v) is 7.72. The Labute approximate surface area is 199 Å². The first-order chi connectivity index (χ1) is 15.6. The monoisotopic (exact) mass is 466 g/mol. The molecule has 0 amide bonds. The van der Waals surface area contributed by atoms with Crippen LogP contribution in [-0.4, -0.2) is 21.8 Å². The van der Waals surface area contributed by atoms with E-state index in [2.05, 4.69) is 55.2 Å².